The Kier molecular flexibility index (Phi) is 17.1. The number of ether oxygens (including phenoxy) is 3. The normalized spacial score (nSPS) is 11.5. The number of hydrogen-bond acceptors (Lipinski definition) is 8. The minimum absolute atomic E-state index is 0.362. The minimum atomic E-state index is -2.68. The quantitative estimate of drug-likeness (QED) is 0.127. The van der Waals surface area contributed by atoms with Crippen molar-refractivity contribution in [3.8, 4) is 11.5 Å². The van der Waals surface area contributed by atoms with Crippen molar-refractivity contribution in [2.75, 3.05) is 46.7 Å². The third-order valence-electron chi connectivity index (χ3n) is 5.16. The summed E-state index contributed by atoms with van der Waals surface area (Å²) in [6, 6.07) is 5.91. The number of carboxylic acid groups (broad SMARTS) is 1. The molecule has 1 aromatic rings. The van der Waals surface area contributed by atoms with E-state index in [1.54, 1.807) is 25.3 Å². The zero-order valence-corrected chi connectivity index (χ0v) is 23.6. The van der Waals surface area contributed by atoms with E-state index in [0.29, 0.717) is 69.1 Å². The van der Waals surface area contributed by atoms with Gasteiger partial charge in [0, 0.05) is 38.5 Å². The van der Waals surface area contributed by atoms with Gasteiger partial charge in [0.2, 0.25) is 0 Å². The van der Waals surface area contributed by atoms with E-state index in [1.807, 2.05) is 20.8 Å². The molecular formula is C26H43NO9Si. The standard InChI is InChI=1S/C26H43NO9Si/c1-5-34-37(35-6-2,36-7-3)20-12-17-27-26(30)33-19-11-9-8-10-18-32-23-15-13-22(14-16-25(28)29)21-24(23)31-4/h13-16,21H,5-12,17-20H2,1-4H3,(H,27,30)(H,28,29)/b16-14+. The second kappa shape index (κ2) is 19.5. The number of methoxy groups -OCH3 is 1. The Bertz CT molecular complexity index is 802. The summed E-state index contributed by atoms with van der Waals surface area (Å²) in [6.45, 7) is 8.71. The van der Waals surface area contributed by atoms with Crippen molar-refractivity contribution < 1.29 is 42.2 Å². The van der Waals surface area contributed by atoms with E-state index in [4.69, 9.17) is 32.6 Å². The lowest BCUT2D eigenvalue weighted by molar-refractivity contribution is -0.131. The van der Waals surface area contributed by atoms with Crippen molar-refractivity contribution in [3.05, 3.63) is 29.8 Å². The van der Waals surface area contributed by atoms with Crippen LogP contribution in [0.1, 0.15) is 58.4 Å². The van der Waals surface area contributed by atoms with Gasteiger partial charge >= 0.3 is 20.9 Å². The number of nitrogens with one attached hydrogen (secondary N) is 1. The van der Waals surface area contributed by atoms with Crippen molar-refractivity contribution in [2.45, 2.75) is 58.9 Å². The van der Waals surface area contributed by atoms with Gasteiger partial charge in [-0.3, -0.25) is 0 Å². The van der Waals surface area contributed by atoms with Gasteiger partial charge in [0.25, 0.3) is 0 Å². The Morgan fingerprint density at radius 1 is 0.919 bits per heavy atom. The van der Waals surface area contributed by atoms with Crippen molar-refractivity contribution in [1.29, 1.82) is 0 Å². The molecule has 1 amide bonds. The maximum atomic E-state index is 11.9. The molecule has 0 aliphatic carbocycles. The molecule has 0 saturated carbocycles. The van der Waals surface area contributed by atoms with Gasteiger partial charge < -0.3 is 37.9 Å². The molecule has 2 N–H and O–H groups in total. The van der Waals surface area contributed by atoms with Gasteiger partial charge in [-0.2, -0.15) is 0 Å². The first-order valence-electron chi connectivity index (χ1n) is 12.9. The third-order valence-corrected chi connectivity index (χ3v) is 8.31. The summed E-state index contributed by atoms with van der Waals surface area (Å²) in [5.41, 5.74) is 0.715. The highest BCUT2D eigenvalue weighted by Gasteiger charge is 2.39. The van der Waals surface area contributed by atoms with Gasteiger partial charge in [-0.1, -0.05) is 6.07 Å². The molecule has 0 spiro atoms. The summed E-state index contributed by atoms with van der Waals surface area (Å²) in [5.74, 6) is 0.152. The minimum Gasteiger partial charge on any atom is -0.493 e. The Hall–Kier alpha value is -2.60. The molecule has 1 rings (SSSR count). The smallest absolute Gasteiger partial charge is 0.493 e. The predicted molar refractivity (Wildman–Crippen MR) is 143 cm³/mol. The third kappa shape index (κ3) is 14.1. The van der Waals surface area contributed by atoms with Crippen LogP contribution in [0.4, 0.5) is 4.79 Å². The predicted octanol–water partition coefficient (Wildman–Crippen LogP) is 4.90. The zero-order chi connectivity index (χ0) is 27.4. The molecule has 11 heteroatoms. The fourth-order valence-corrected chi connectivity index (χ4v) is 6.14. The Morgan fingerprint density at radius 3 is 2.16 bits per heavy atom. The van der Waals surface area contributed by atoms with Gasteiger partial charge in [-0.15, -0.1) is 0 Å². The maximum absolute atomic E-state index is 11.9. The molecule has 0 saturated heterocycles. The van der Waals surface area contributed by atoms with Gasteiger partial charge in [-0.25, -0.2) is 9.59 Å². The first-order valence-corrected chi connectivity index (χ1v) is 14.9. The highest BCUT2D eigenvalue weighted by atomic mass is 28.4. The maximum Gasteiger partial charge on any atom is 0.500 e. The fourth-order valence-electron chi connectivity index (χ4n) is 3.53. The molecular weight excluding hydrogens is 498 g/mol. The number of benzene rings is 1. The van der Waals surface area contributed by atoms with Crippen LogP contribution < -0.4 is 14.8 Å². The van der Waals surface area contributed by atoms with E-state index in [1.165, 1.54) is 6.08 Å². The zero-order valence-electron chi connectivity index (χ0n) is 22.6. The Balaban J connectivity index is 2.18. The molecule has 0 unspecified atom stereocenters. The van der Waals surface area contributed by atoms with Crippen LogP contribution in [-0.2, 0) is 22.8 Å². The molecule has 210 valence electrons. The summed E-state index contributed by atoms with van der Waals surface area (Å²) in [6.07, 6.45) is 6.31. The summed E-state index contributed by atoms with van der Waals surface area (Å²) in [5, 5.41) is 11.5. The summed E-state index contributed by atoms with van der Waals surface area (Å²) < 4.78 is 33.8. The number of rotatable bonds is 21. The number of carbonyl (C=O) groups excluding carboxylic acids is 1. The molecule has 37 heavy (non-hydrogen) atoms. The molecule has 0 radical (unpaired) electrons. The number of hydrogen-bond donors (Lipinski definition) is 2. The highest BCUT2D eigenvalue weighted by molar-refractivity contribution is 6.60. The van der Waals surface area contributed by atoms with Crippen LogP contribution in [-0.4, -0.2) is 72.7 Å². The molecule has 0 bridgehead atoms. The lowest BCUT2D eigenvalue weighted by Gasteiger charge is -2.28. The monoisotopic (exact) mass is 541 g/mol. The van der Waals surface area contributed by atoms with E-state index in [0.717, 1.165) is 31.8 Å². The lowest BCUT2D eigenvalue weighted by atomic mass is 10.2. The van der Waals surface area contributed by atoms with E-state index >= 15 is 0 Å². The van der Waals surface area contributed by atoms with Gasteiger partial charge in [-0.05, 0) is 76.6 Å². The number of aliphatic carboxylic acids is 1. The molecule has 1 aromatic carbocycles. The lowest BCUT2D eigenvalue weighted by Crippen LogP contribution is -2.46. The van der Waals surface area contributed by atoms with Crippen molar-refractivity contribution >= 4 is 26.9 Å². The Labute approximate surface area is 221 Å². The number of alkyl carbamates (subject to hydrolysis) is 1. The number of unbranched alkanes of at least 4 members (excludes halogenated alkanes) is 3. The Morgan fingerprint density at radius 2 is 1.57 bits per heavy atom. The molecule has 10 nitrogen and oxygen atoms in total. The van der Waals surface area contributed by atoms with Gasteiger partial charge in [0.15, 0.2) is 11.5 Å². The highest BCUT2D eigenvalue weighted by Crippen LogP contribution is 2.28. The molecule has 0 aliphatic heterocycles. The summed E-state index contributed by atoms with van der Waals surface area (Å²) in [4.78, 5) is 22.6. The number of amides is 1. The second-order valence-corrected chi connectivity index (χ2v) is 10.7. The average molecular weight is 542 g/mol. The van der Waals surface area contributed by atoms with E-state index in [9.17, 15) is 9.59 Å². The largest absolute Gasteiger partial charge is 0.500 e. The van der Waals surface area contributed by atoms with Crippen molar-refractivity contribution in [1.82, 2.24) is 5.32 Å². The van der Waals surface area contributed by atoms with Crippen molar-refractivity contribution in [3.63, 3.8) is 0 Å². The number of carbonyl (C=O) groups is 2. The van der Waals surface area contributed by atoms with Crippen LogP contribution in [0.25, 0.3) is 6.08 Å². The SMILES string of the molecule is CCO[Si](CCCNC(=O)OCCCCCCOc1ccc(/C=C/C(=O)O)cc1OC)(OCC)OCC. The molecule has 0 aromatic heterocycles. The second-order valence-electron chi connectivity index (χ2n) is 7.99. The summed E-state index contributed by atoms with van der Waals surface area (Å²) >= 11 is 0. The van der Waals surface area contributed by atoms with Crippen LogP contribution in [0.2, 0.25) is 6.04 Å². The first-order chi connectivity index (χ1) is 17.9. The fraction of sp³-hybridized carbons (Fsp3) is 0.615. The topological polar surface area (TPSA) is 122 Å². The van der Waals surface area contributed by atoms with Crippen LogP contribution in [0.5, 0.6) is 11.5 Å². The molecule has 0 heterocycles. The number of carboxylic acids is 1. The van der Waals surface area contributed by atoms with Gasteiger partial charge in [0.1, 0.15) is 0 Å². The average Bonchev–Trinajstić information content (AvgIpc) is 2.87. The molecule has 0 fully saturated rings. The summed E-state index contributed by atoms with van der Waals surface area (Å²) in [7, 11) is -1.14. The van der Waals surface area contributed by atoms with Crippen LogP contribution >= 0.6 is 0 Å². The van der Waals surface area contributed by atoms with E-state index in [2.05, 4.69) is 5.32 Å². The van der Waals surface area contributed by atoms with E-state index < -0.39 is 20.9 Å². The van der Waals surface area contributed by atoms with Crippen LogP contribution in [0, 0.1) is 0 Å². The van der Waals surface area contributed by atoms with Crippen LogP contribution in [0.3, 0.4) is 0 Å². The first kappa shape index (κ1) is 32.4. The van der Waals surface area contributed by atoms with Crippen molar-refractivity contribution in [2.24, 2.45) is 0 Å². The molecule has 0 atom stereocenters. The molecule has 0 aliphatic rings. The van der Waals surface area contributed by atoms with Crippen LogP contribution in [0.15, 0.2) is 24.3 Å². The van der Waals surface area contributed by atoms with E-state index in [-0.39, 0.29) is 0 Å². The van der Waals surface area contributed by atoms with Gasteiger partial charge in [0.05, 0.1) is 20.3 Å².